The molecule has 0 saturated heterocycles. The third-order valence-electron chi connectivity index (χ3n) is 3.85. The van der Waals surface area contributed by atoms with E-state index < -0.39 is 9.75 Å². The zero-order chi connectivity index (χ0) is 15.2. The quantitative estimate of drug-likeness (QED) is 0.612. The first-order valence-electron chi connectivity index (χ1n) is 6.81. The third-order valence-corrected chi connectivity index (χ3v) is 4.77. The van der Waals surface area contributed by atoms with Crippen molar-refractivity contribution in [2.75, 3.05) is 6.61 Å². The lowest BCUT2D eigenvalue weighted by Gasteiger charge is -2.21. The van der Waals surface area contributed by atoms with Gasteiger partial charge in [-0.05, 0) is 23.5 Å². The molecule has 0 spiro atoms. The largest absolute Gasteiger partial charge is 0.465 e. The molecule has 20 heavy (non-hydrogen) atoms. The Balaban J connectivity index is 2.36. The number of ether oxygens (including phenoxy) is 1. The van der Waals surface area contributed by atoms with Crippen molar-refractivity contribution in [1.82, 2.24) is 0 Å². The van der Waals surface area contributed by atoms with Crippen LogP contribution in [0.1, 0.15) is 45.2 Å². The lowest BCUT2D eigenvalue weighted by Crippen LogP contribution is -2.29. The molecule has 2 rings (SSSR count). The molecule has 0 bridgehead atoms. The van der Waals surface area contributed by atoms with Gasteiger partial charge in [-0.1, -0.05) is 68.2 Å². The number of carbonyl (C=O) groups excluding carboxylic acids is 1. The molecule has 0 N–H and O–H groups in total. The molecule has 1 atom stereocenters. The van der Waals surface area contributed by atoms with E-state index >= 15 is 0 Å². The van der Waals surface area contributed by atoms with E-state index in [1.807, 2.05) is 24.3 Å². The number of halogens is 2. The number of rotatable bonds is 3. The SMILES string of the molecule is CCOC(=O)C1(c2ccc(C(C)(C)C)cc2)CC1(Cl)Cl. The van der Waals surface area contributed by atoms with Gasteiger partial charge in [-0.25, -0.2) is 0 Å². The lowest BCUT2D eigenvalue weighted by molar-refractivity contribution is -0.146. The topological polar surface area (TPSA) is 26.3 Å². The van der Waals surface area contributed by atoms with Crippen molar-refractivity contribution in [1.29, 1.82) is 0 Å². The zero-order valence-electron chi connectivity index (χ0n) is 12.3. The summed E-state index contributed by atoms with van der Waals surface area (Å²) < 4.78 is 4.08. The summed E-state index contributed by atoms with van der Waals surface area (Å²) in [4.78, 5) is 12.2. The molecular formula is C16H20Cl2O2. The number of alkyl halides is 2. The molecule has 0 heterocycles. The smallest absolute Gasteiger partial charge is 0.319 e. The Bertz CT molecular complexity index is 514. The minimum absolute atomic E-state index is 0.0676. The fraction of sp³-hybridized carbons (Fsp3) is 0.562. The van der Waals surface area contributed by atoms with Crippen LogP contribution in [0.25, 0.3) is 0 Å². The molecule has 1 aliphatic rings. The summed E-state index contributed by atoms with van der Waals surface area (Å²) in [6.07, 6.45) is 0.400. The van der Waals surface area contributed by atoms with E-state index in [-0.39, 0.29) is 11.4 Å². The number of carbonyl (C=O) groups is 1. The predicted octanol–water partition coefficient (Wildman–Crippen LogP) is 4.36. The molecule has 4 heteroatoms. The van der Waals surface area contributed by atoms with Crippen LogP contribution in [0.4, 0.5) is 0 Å². The monoisotopic (exact) mass is 314 g/mol. The summed E-state index contributed by atoms with van der Waals surface area (Å²) in [6, 6.07) is 7.92. The molecule has 2 nitrogen and oxygen atoms in total. The Hall–Kier alpha value is -0.730. The van der Waals surface area contributed by atoms with E-state index in [1.54, 1.807) is 6.92 Å². The Morgan fingerprint density at radius 2 is 1.75 bits per heavy atom. The fourth-order valence-corrected chi connectivity index (χ4v) is 3.22. The van der Waals surface area contributed by atoms with Gasteiger partial charge in [0.05, 0.1) is 6.61 Å². The van der Waals surface area contributed by atoms with Crippen molar-refractivity contribution >= 4 is 29.2 Å². The van der Waals surface area contributed by atoms with Crippen LogP contribution in [0, 0.1) is 0 Å². The number of hydrogen-bond acceptors (Lipinski definition) is 2. The number of hydrogen-bond donors (Lipinski definition) is 0. The zero-order valence-corrected chi connectivity index (χ0v) is 13.8. The van der Waals surface area contributed by atoms with Gasteiger partial charge in [0.2, 0.25) is 0 Å². The molecule has 0 aromatic heterocycles. The van der Waals surface area contributed by atoms with Gasteiger partial charge >= 0.3 is 5.97 Å². The minimum atomic E-state index is -1.07. The molecule has 0 aliphatic heterocycles. The summed E-state index contributed by atoms with van der Waals surface area (Å²) in [5, 5.41) is 0. The lowest BCUT2D eigenvalue weighted by atomic mass is 9.85. The van der Waals surface area contributed by atoms with Gasteiger partial charge in [-0.3, -0.25) is 4.79 Å². The fourth-order valence-electron chi connectivity index (χ4n) is 2.45. The molecule has 1 unspecified atom stereocenters. The average Bonchev–Trinajstić information content (AvgIpc) is 2.93. The highest BCUT2D eigenvalue weighted by molar-refractivity contribution is 6.54. The normalized spacial score (nSPS) is 24.3. The maximum Gasteiger partial charge on any atom is 0.319 e. The Morgan fingerprint density at radius 3 is 2.10 bits per heavy atom. The Labute approximate surface area is 130 Å². The summed E-state index contributed by atoms with van der Waals surface area (Å²) in [6.45, 7) is 8.54. The second-order valence-corrected chi connectivity index (χ2v) is 7.82. The highest BCUT2D eigenvalue weighted by Crippen LogP contribution is 2.65. The molecule has 1 saturated carbocycles. The first kappa shape index (κ1) is 15.7. The minimum Gasteiger partial charge on any atom is -0.465 e. The second kappa shape index (κ2) is 4.92. The maximum absolute atomic E-state index is 12.2. The van der Waals surface area contributed by atoms with E-state index in [9.17, 15) is 4.79 Å². The highest BCUT2D eigenvalue weighted by Gasteiger charge is 2.73. The van der Waals surface area contributed by atoms with Crippen LogP contribution in [0.3, 0.4) is 0 Å². The van der Waals surface area contributed by atoms with Crippen LogP contribution in [0.2, 0.25) is 0 Å². The van der Waals surface area contributed by atoms with Crippen LogP contribution < -0.4 is 0 Å². The van der Waals surface area contributed by atoms with Crippen LogP contribution in [-0.2, 0) is 20.4 Å². The van der Waals surface area contributed by atoms with Crippen molar-refractivity contribution in [3.63, 3.8) is 0 Å². The predicted molar refractivity (Wildman–Crippen MR) is 82.5 cm³/mol. The van der Waals surface area contributed by atoms with Crippen molar-refractivity contribution in [3.05, 3.63) is 35.4 Å². The van der Waals surface area contributed by atoms with Gasteiger partial charge in [0.1, 0.15) is 9.75 Å². The van der Waals surface area contributed by atoms with Gasteiger partial charge < -0.3 is 4.74 Å². The van der Waals surface area contributed by atoms with Crippen molar-refractivity contribution in [3.8, 4) is 0 Å². The molecule has 1 aliphatic carbocycles. The van der Waals surface area contributed by atoms with Crippen LogP contribution in [0.5, 0.6) is 0 Å². The standard InChI is InChI=1S/C16H20Cl2O2/c1-5-20-13(19)15(10-16(15,17)18)12-8-6-11(7-9-12)14(2,3)4/h6-9H,5,10H2,1-4H3. The molecule has 1 fully saturated rings. The van der Waals surface area contributed by atoms with Gasteiger partial charge in [-0.15, -0.1) is 0 Å². The van der Waals surface area contributed by atoms with Gasteiger partial charge in [0, 0.05) is 6.42 Å². The maximum atomic E-state index is 12.2. The highest BCUT2D eigenvalue weighted by atomic mass is 35.5. The van der Waals surface area contributed by atoms with E-state index in [1.165, 1.54) is 5.56 Å². The van der Waals surface area contributed by atoms with Crippen LogP contribution >= 0.6 is 23.2 Å². The van der Waals surface area contributed by atoms with Gasteiger partial charge in [0.25, 0.3) is 0 Å². The van der Waals surface area contributed by atoms with E-state index in [4.69, 9.17) is 27.9 Å². The number of esters is 1. The molecule has 0 radical (unpaired) electrons. The Kier molecular flexibility index (Phi) is 3.85. The summed E-state index contributed by atoms with van der Waals surface area (Å²) in [5.41, 5.74) is 1.19. The summed E-state index contributed by atoms with van der Waals surface area (Å²) in [5.74, 6) is -0.339. The van der Waals surface area contributed by atoms with E-state index in [2.05, 4.69) is 20.8 Å². The molecule has 0 amide bonds. The first-order valence-corrected chi connectivity index (χ1v) is 7.57. The first-order chi connectivity index (χ1) is 9.15. The second-order valence-electron chi connectivity index (χ2n) is 6.33. The van der Waals surface area contributed by atoms with E-state index in [0.29, 0.717) is 13.0 Å². The molecule has 110 valence electrons. The summed E-state index contributed by atoms with van der Waals surface area (Å²) >= 11 is 12.4. The third kappa shape index (κ3) is 2.44. The molecular weight excluding hydrogens is 295 g/mol. The van der Waals surface area contributed by atoms with Crippen LogP contribution in [0.15, 0.2) is 24.3 Å². The van der Waals surface area contributed by atoms with Crippen molar-refractivity contribution < 1.29 is 9.53 Å². The molecule has 1 aromatic rings. The average molecular weight is 315 g/mol. The Morgan fingerprint density at radius 1 is 1.25 bits per heavy atom. The molecule has 1 aromatic carbocycles. The van der Waals surface area contributed by atoms with Crippen molar-refractivity contribution in [2.24, 2.45) is 0 Å². The van der Waals surface area contributed by atoms with Gasteiger partial charge in [0.15, 0.2) is 0 Å². The van der Waals surface area contributed by atoms with Crippen molar-refractivity contribution in [2.45, 2.75) is 49.3 Å². The summed E-state index contributed by atoms with van der Waals surface area (Å²) in [7, 11) is 0. The van der Waals surface area contributed by atoms with Crippen LogP contribution in [-0.4, -0.2) is 16.9 Å². The number of benzene rings is 1. The van der Waals surface area contributed by atoms with Gasteiger partial charge in [-0.2, -0.15) is 0 Å². The van der Waals surface area contributed by atoms with E-state index in [0.717, 1.165) is 5.56 Å².